The van der Waals surface area contributed by atoms with Gasteiger partial charge >= 0.3 is 11.9 Å². The summed E-state index contributed by atoms with van der Waals surface area (Å²) in [5.41, 5.74) is -0.152. The van der Waals surface area contributed by atoms with Gasteiger partial charge in [-0.25, -0.2) is 14.2 Å². The Labute approximate surface area is 150 Å². The lowest BCUT2D eigenvalue weighted by atomic mass is 10.1. The van der Waals surface area contributed by atoms with Gasteiger partial charge in [-0.2, -0.15) is 0 Å². The Morgan fingerprint density at radius 2 is 1.96 bits per heavy atom. The number of halogens is 1. The molecule has 0 bridgehead atoms. The lowest BCUT2D eigenvalue weighted by molar-refractivity contribution is -0.137. The number of aryl methyl sites for hydroxylation is 1. The second-order valence-corrected chi connectivity index (χ2v) is 6.62. The van der Waals surface area contributed by atoms with Gasteiger partial charge in [0.2, 0.25) is 0 Å². The summed E-state index contributed by atoms with van der Waals surface area (Å²) in [5, 5.41) is 18.4. The van der Waals surface area contributed by atoms with Crippen LogP contribution in [0.25, 0.3) is 10.2 Å². The second-order valence-electron chi connectivity index (χ2n) is 5.62. The van der Waals surface area contributed by atoms with Crippen LogP contribution < -0.4 is 5.56 Å². The highest BCUT2D eigenvalue weighted by Crippen LogP contribution is 2.27. The number of hydrogen-bond acceptors (Lipinski definition) is 5. The molecule has 2 heterocycles. The molecule has 9 heteroatoms. The van der Waals surface area contributed by atoms with Crippen LogP contribution in [0.4, 0.5) is 4.39 Å². The van der Waals surface area contributed by atoms with Crippen molar-refractivity contribution in [1.29, 1.82) is 0 Å². The molecule has 0 saturated heterocycles. The lowest BCUT2D eigenvalue weighted by Crippen LogP contribution is -2.28. The quantitative estimate of drug-likeness (QED) is 0.707. The molecule has 2 aromatic heterocycles. The number of nitrogens with zero attached hydrogens (tertiary/aromatic N) is 2. The third-order valence-corrected chi connectivity index (χ3v) is 5.10. The van der Waals surface area contributed by atoms with Crippen molar-refractivity contribution in [3.8, 4) is 0 Å². The van der Waals surface area contributed by atoms with Crippen molar-refractivity contribution < 1.29 is 24.2 Å². The number of carboxylic acid groups (broad SMARTS) is 2. The Kier molecular flexibility index (Phi) is 4.56. The fraction of sp³-hybridized carbons (Fsp3) is 0.176. The van der Waals surface area contributed by atoms with E-state index >= 15 is 0 Å². The van der Waals surface area contributed by atoms with Gasteiger partial charge in [0, 0.05) is 6.42 Å². The monoisotopic (exact) mass is 376 g/mol. The molecule has 0 unspecified atom stereocenters. The summed E-state index contributed by atoms with van der Waals surface area (Å²) in [6, 6.07) is 5.90. The molecule has 0 fully saturated rings. The minimum absolute atomic E-state index is 0.0329. The van der Waals surface area contributed by atoms with Gasteiger partial charge in [0.15, 0.2) is 0 Å². The molecule has 2 N–H and O–H groups in total. The van der Waals surface area contributed by atoms with Gasteiger partial charge in [-0.05, 0) is 24.1 Å². The van der Waals surface area contributed by atoms with E-state index in [9.17, 15) is 23.9 Å². The number of hydrogen-bond donors (Lipinski definition) is 2. The molecule has 7 nitrogen and oxygen atoms in total. The van der Waals surface area contributed by atoms with Crippen LogP contribution in [-0.4, -0.2) is 31.7 Å². The summed E-state index contributed by atoms with van der Waals surface area (Å²) in [7, 11) is 0. The molecule has 0 aliphatic rings. The number of benzene rings is 1. The van der Waals surface area contributed by atoms with Crippen molar-refractivity contribution >= 4 is 33.5 Å². The molecule has 0 spiro atoms. The molecule has 1 aromatic carbocycles. The predicted octanol–water partition coefficient (Wildman–Crippen LogP) is 2.28. The number of fused-ring (bicyclic) bond motifs is 1. The summed E-state index contributed by atoms with van der Waals surface area (Å²) < 4.78 is 14.9. The molecule has 0 radical (unpaired) electrons. The number of aliphatic carboxylic acids is 1. The van der Waals surface area contributed by atoms with Gasteiger partial charge in [-0.1, -0.05) is 18.2 Å². The molecule has 26 heavy (non-hydrogen) atoms. The summed E-state index contributed by atoms with van der Waals surface area (Å²) in [5.74, 6) is -2.88. The minimum atomic E-state index is -1.26. The van der Waals surface area contributed by atoms with E-state index in [-0.39, 0.29) is 38.5 Å². The van der Waals surface area contributed by atoms with Crippen LogP contribution >= 0.6 is 11.3 Å². The largest absolute Gasteiger partial charge is 0.480 e. The van der Waals surface area contributed by atoms with E-state index in [0.717, 1.165) is 15.9 Å². The average Bonchev–Trinajstić information content (AvgIpc) is 2.90. The molecule has 0 aliphatic carbocycles. The van der Waals surface area contributed by atoms with Crippen LogP contribution in [0.1, 0.15) is 26.6 Å². The van der Waals surface area contributed by atoms with Crippen LogP contribution in [0.3, 0.4) is 0 Å². The first-order valence-corrected chi connectivity index (χ1v) is 8.32. The van der Waals surface area contributed by atoms with Crippen LogP contribution in [0, 0.1) is 12.7 Å². The fourth-order valence-corrected chi connectivity index (χ4v) is 3.74. The van der Waals surface area contributed by atoms with Crippen molar-refractivity contribution in [2.75, 3.05) is 0 Å². The van der Waals surface area contributed by atoms with E-state index in [1.165, 1.54) is 25.1 Å². The Bertz CT molecular complexity index is 1100. The van der Waals surface area contributed by atoms with Crippen LogP contribution in [0.15, 0.2) is 29.1 Å². The predicted molar refractivity (Wildman–Crippen MR) is 92.4 cm³/mol. The minimum Gasteiger partial charge on any atom is -0.480 e. The molecular formula is C17H13FN2O5S. The van der Waals surface area contributed by atoms with Gasteiger partial charge < -0.3 is 10.2 Å². The number of aromatic carboxylic acids is 1. The molecule has 3 aromatic rings. The standard InChI is InChI=1S/C17H13FN2O5S/c1-8-13-15(26-14(8)17(24)25)19-11(20(16(13)23)7-12(21)22)6-9-4-2-3-5-10(9)18/h2-5H,6-7H2,1H3,(H,21,22)(H,24,25). The van der Waals surface area contributed by atoms with Crippen molar-refractivity contribution in [3.05, 3.63) is 62.3 Å². The second kappa shape index (κ2) is 6.68. The SMILES string of the molecule is Cc1c(C(=O)O)sc2nc(Cc3ccccc3F)n(CC(=O)O)c(=O)c12. The normalized spacial score (nSPS) is 11.0. The van der Waals surface area contributed by atoms with E-state index in [1.807, 2.05) is 0 Å². The zero-order valence-corrected chi connectivity index (χ0v) is 14.3. The lowest BCUT2D eigenvalue weighted by Gasteiger charge is -2.11. The Morgan fingerprint density at radius 3 is 2.58 bits per heavy atom. The highest BCUT2D eigenvalue weighted by molar-refractivity contribution is 7.20. The summed E-state index contributed by atoms with van der Waals surface area (Å²) >= 11 is 0.838. The smallest absolute Gasteiger partial charge is 0.346 e. The first kappa shape index (κ1) is 17.7. The van der Waals surface area contributed by atoms with Crippen LogP contribution in [0.5, 0.6) is 0 Å². The van der Waals surface area contributed by atoms with E-state index in [1.54, 1.807) is 6.07 Å². The maximum absolute atomic E-state index is 14.0. The van der Waals surface area contributed by atoms with Crippen molar-refractivity contribution in [2.45, 2.75) is 19.9 Å². The molecule has 0 aliphatic heterocycles. The Morgan fingerprint density at radius 1 is 1.27 bits per heavy atom. The van der Waals surface area contributed by atoms with Crippen molar-refractivity contribution in [3.63, 3.8) is 0 Å². The number of thiophene rings is 1. The van der Waals surface area contributed by atoms with E-state index in [4.69, 9.17) is 5.11 Å². The zero-order chi connectivity index (χ0) is 19.0. The molecule has 0 atom stereocenters. The number of rotatable bonds is 5. The Hall–Kier alpha value is -3.07. The Balaban J connectivity index is 2.26. The summed E-state index contributed by atoms with van der Waals surface area (Å²) in [4.78, 5) is 39.7. The number of carboxylic acids is 2. The third-order valence-electron chi connectivity index (χ3n) is 3.92. The molecule has 3 rings (SSSR count). The highest BCUT2D eigenvalue weighted by atomic mass is 32.1. The van der Waals surface area contributed by atoms with Gasteiger partial charge in [0.05, 0.1) is 5.39 Å². The van der Waals surface area contributed by atoms with Gasteiger partial charge in [0.1, 0.15) is 27.9 Å². The first-order valence-electron chi connectivity index (χ1n) is 7.51. The van der Waals surface area contributed by atoms with E-state index in [0.29, 0.717) is 0 Å². The average molecular weight is 376 g/mol. The molecule has 0 amide bonds. The highest BCUT2D eigenvalue weighted by Gasteiger charge is 2.22. The first-order chi connectivity index (χ1) is 12.3. The van der Waals surface area contributed by atoms with Gasteiger partial charge in [0.25, 0.3) is 5.56 Å². The van der Waals surface area contributed by atoms with Gasteiger partial charge in [-0.3, -0.25) is 14.2 Å². The van der Waals surface area contributed by atoms with E-state index < -0.39 is 29.9 Å². The summed E-state index contributed by atoms with van der Waals surface area (Å²) in [6.45, 7) is 0.830. The number of carbonyl (C=O) groups is 2. The molecular weight excluding hydrogens is 363 g/mol. The zero-order valence-electron chi connectivity index (χ0n) is 13.5. The molecule has 0 saturated carbocycles. The van der Waals surface area contributed by atoms with Crippen LogP contribution in [0.2, 0.25) is 0 Å². The summed E-state index contributed by atoms with van der Waals surface area (Å²) in [6.07, 6.45) is -0.0928. The van der Waals surface area contributed by atoms with E-state index in [2.05, 4.69) is 4.98 Å². The maximum Gasteiger partial charge on any atom is 0.346 e. The number of aromatic nitrogens is 2. The topological polar surface area (TPSA) is 109 Å². The van der Waals surface area contributed by atoms with Crippen molar-refractivity contribution in [2.24, 2.45) is 0 Å². The molecule has 134 valence electrons. The van der Waals surface area contributed by atoms with Gasteiger partial charge in [-0.15, -0.1) is 11.3 Å². The fourth-order valence-electron chi connectivity index (χ4n) is 2.71. The van der Waals surface area contributed by atoms with Crippen molar-refractivity contribution in [1.82, 2.24) is 9.55 Å². The maximum atomic E-state index is 14.0. The van der Waals surface area contributed by atoms with Crippen LogP contribution in [-0.2, 0) is 17.8 Å². The third kappa shape index (κ3) is 3.08.